The van der Waals surface area contributed by atoms with Crippen molar-refractivity contribution in [2.75, 3.05) is 19.8 Å². The summed E-state index contributed by atoms with van der Waals surface area (Å²) in [6, 6.07) is 13.5. The van der Waals surface area contributed by atoms with Crippen LogP contribution in [0.3, 0.4) is 0 Å². The first-order chi connectivity index (χ1) is 16.5. The minimum atomic E-state index is -0.894. The summed E-state index contributed by atoms with van der Waals surface area (Å²) in [5, 5.41) is 11.8. The van der Waals surface area contributed by atoms with Crippen molar-refractivity contribution in [1.29, 1.82) is 0 Å². The second-order valence-corrected chi connectivity index (χ2v) is 8.36. The number of nitrogens with one attached hydrogen (secondary N) is 1. The summed E-state index contributed by atoms with van der Waals surface area (Å²) < 4.78 is 11.0. The van der Waals surface area contributed by atoms with Crippen molar-refractivity contribution in [2.45, 2.75) is 45.6 Å². The number of alkyl carbamates (subject to hydrolysis) is 1. The van der Waals surface area contributed by atoms with Crippen molar-refractivity contribution in [3.63, 3.8) is 0 Å². The standard InChI is InChI=1S/C28H33NO5/c1-4-9-20(5-2)17-33-27(31)26(12-8-15-30)29-28(32)34-18-25-22-11-7-6-10-21(22)24-16-19(3)13-14-23(24)25/h4-7,9-11,13-14,16,25-26,30H,8,12,15,17-18H2,1-3H3,(H,29,32)/b9-4-,20-5+. The van der Waals surface area contributed by atoms with Gasteiger partial charge in [0, 0.05) is 12.5 Å². The highest BCUT2D eigenvalue weighted by Crippen LogP contribution is 2.45. The topological polar surface area (TPSA) is 84.9 Å². The summed E-state index contributed by atoms with van der Waals surface area (Å²) >= 11 is 0. The van der Waals surface area contributed by atoms with Gasteiger partial charge in [-0.15, -0.1) is 0 Å². The Morgan fingerprint density at radius 1 is 1.09 bits per heavy atom. The van der Waals surface area contributed by atoms with E-state index in [1.807, 2.05) is 44.2 Å². The van der Waals surface area contributed by atoms with Gasteiger partial charge in [-0.25, -0.2) is 9.59 Å². The Hall–Kier alpha value is -3.38. The maximum absolute atomic E-state index is 12.6. The summed E-state index contributed by atoms with van der Waals surface area (Å²) in [4.78, 5) is 25.2. The summed E-state index contributed by atoms with van der Waals surface area (Å²) in [6.07, 6.45) is 5.51. The number of benzene rings is 2. The lowest BCUT2D eigenvalue weighted by atomic mass is 9.97. The molecule has 0 fully saturated rings. The van der Waals surface area contributed by atoms with E-state index in [1.54, 1.807) is 0 Å². The third kappa shape index (κ3) is 6.14. The Kier molecular flexibility index (Phi) is 9.05. The van der Waals surface area contributed by atoms with Crippen molar-refractivity contribution in [3.05, 3.63) is 83.0 Å². The van der Waals surface area contributed by atoms with Gasteiger partial charge in [0.05, 0.1) is 0 Å². The van der Waals surface area contributed by atoms with Crippen LogP contribution < -0.4 is 5.32 Å². The van der Waals surface area contributed by atoms with Gasteiger partial charge in [-0.2, -0.15) is 0 Å². The number of carbonyl (C=O) groups excluding carboxylic acids is 2. The molecule has 6 heteroatoms. The van der Waals surface area contributed by atoms with E-state index in [-0.39, 0.29) is 32.2 Å². The minimum absolute atomic E-state index is 0.0709. The van der Waals surface area contributed by atoms with E-state index >= 15 is 0 Å². The van der Waals surface area contributed by atoms with Gasteiger partial charge in [-0.1, -0.05) is 66.3 Å². The number of rotatable bonds is 10. The quantitative estimate of drug-likeness (QED) is 0.381. The van der Waals surface area contributed by atoms with Crippen LogP contribution in [-0.2, 0) is 14.3 Å². The zero-order valence-corrected chi connectivity index (χ0v) is 20.0. The molecule has 34 heavy (non-hydrogen) atoms. The van der Waals surface area contributed by atoms with E-state index in [0.29, 0.717) is 6.42 Å². The van der Waals surface area contributed by atoms with Crippen molar-refractivity contribution in [3.8, 4) is 11.1 Å². The molecule has 2 unspecified atom stereocenters. The van der Waals surface area contributed by atoms with Gasteiger partial charge in [0.25, 0.3) is 0 Å². The number of fused-ring (bicyclic) bond motifs is 3. The van der Waals surface area contributed by atoms with E-state index in [1.165, 1.54) is 5.56 Å². The Morgan fingerprint density at radius 2 is 1.85 bits per heavy atom. The smallest absolute Gasteiger partial charge is 0.407 e. The minimum Gasteiger partial charge on any atom is -0.459 e. The molecule has 2 aromatic rings. The van der Waals surface area contributed by atoms with Crippen molar-refractivity contribution in [1.82, 2.24) is 5.32 Å². The number of allylic oxidation sites excluding steroid dienone is 2. The number of aryl methyl sites for hydroxylation is 1. The number of aliphatic hydroxyl groups is 1. The molecule has 0 radical (unpaired) electrons. The fraction of sp³-hybridized carbons (Fsp3) is 0.357. The molecule has 6 nitrogen and oxygen atoms in total. The predicted molar refractivity (Wildman–Crippen MR) is 133 cm³/mol. The molecule has 1 amide bonds. The molecule has 0 spiro atoms. The predicted octanol–water partition coefficient (Wildman–Crippen LogP) is 5.04. The van der Waals surface area contributed by atoms with Crippen LogP contribution in [0.2, 0.25) is 0 Å². The zero-order chi connectivity index (χ0) is 24.5. The van der Waals surface area contributed by atoms with Crippen LogP contribution in [0.1, 0.15) is 49.3 Å². The SMILES string of the molecule is C/C=C\C(=C/C)COC(=O)C(CCCO)NC(=O)OCC1c2ccccc2-c2cc(C)ccc21. The number of hydrogen-bond donors (Lipinski definition) is 2. The molecule has 1 aliphatic rings. The molecule has 2 atom stereocenters. The first-order valence-corrected chi connectivity index (χ1v) is 11.7. The lowest BCUT2D eigenvalue weighted by Crippen LogP contribution is -2.42. The molecule has 0 aliphatic heterocycles. The lowest BCUT2D eigenvalue weighted by molar-refractivity contribution is -0.145. The molecule has 2 aromatic carbocycles. The zero-order valence-electron chi connectivity index (χ0n) is 20.0. The number of ether oxygens (including phenoxy) is 2. The molecule has 0 saturated carbocycles. The van der Waals surface area contributed by atoms with Gasteiger partial charge in [0.2, 0.25) is 0 Å². The molecule has 0 aromatic heterocycles. The van der Waals surface area contributed by atoms with E-state index in [9.17, 15) is 14.7 Å². The Balaban J connectivity index is 1.64. The van der Waals surface area contributed by atoms with Crippen LogP contribution in [-0.4, -0.2) is 43.0 Å². The van der Waals surface area contributed by atoms with Gasteiger partial charge in [0.15, 0.2) is 0 Å². The van der Waals surface area contributed by atoms with Crippen LogP contribution in [0.25, 0.3) is 11.1 Å². The number of aliphatic hydroxyl groups excluding tert-OH is 1. The second-order valence-electron chi connectivity index (χ2n) is 8.36. The first kappa shape index (κ1) is 25.2. The summed E-state index contributed by atoms with van der Waals surface area (Å²) in [7, 11) is 0. The van der Waals surface area contributed by atoms with Crippen LogP contribution in [0.4, 0.5) is 4.79 Å². The van der Waals surface area contributed by atoms with E-state index < -0.39 is 18.1 Å². The maximum Gasteiger partial charge on any atom is 0.407 e. The number of hydrogen-bond acceptors (Lipinski definition) is 5. The fourth-order valence-corrected chi connectivity index (χ4v) is 4.18. The molecule has 3 rings (SSSR count). The van der Waals surface area contributed by atoms with Gasteiger partial charge in [-0.3, -0.25) is 0 Å². The van der Waals surface area contributed by atoms with Gasteiger partial charge >= 0.3 is 12.1 Å². The Labute approximate surface area is 201 Å². The Morgan fingerprint density at radius 3 is 2.59 bits per heavy atom. The highest BCUT2D eigenvalue weighted by atomic mass is 16.6. The fourth-order valence-electron chi connectivity index (χ4n) is 4.18. The average Bonchev–Trinajstić information content (AvgIpc) is 3.15. The number of esters is 1. The largest absolute Gasteiger partial charge is 0.459 e. The number of amides is 1. The van der Waals surface area contributed by atoms with Gasteiger partial charge in [0.1, 0.15) is 19.3 Å². The van der Waals surface area contributed by atoms with Crippen LogP contribution >= 0.6 is 0 Å². The monoisotopic (exact) mass is 463 g/mol. The molecule has 0 bridgehead atoms. The summed E-state index contributed by atoms with van der Waals surface area (Å²) in [5.74, 6) is -0.625. The maximum atomic E-state index is 12.6. The molecular weight excluding hydrogens is 430 g/mol. The molecule has 0 heterocycles. The lowest BCUT2D eigenvalue weighted by Gasteiger charge is -2.19. The van der Waals surface area contributed by atoms with Gasteiger partial charge < -0.3 is 19.9 Å². The van der Waals surface area contributed by atoms with E-state index in [4.69, 9.17) is 9.47 Å². The van der Waals surface area contributed by atoms with Crippen molar-refractivity contribution < 1.29 is 24.2 Å². The molecular formula is C28H33NO5. The normalized spacial score (nSPS) is 15.5. The van der Waals surface area contributed by atoms with Crippen LogP contribution in [0.5, 0.6) is 0 Å². The molecule has 0 saturated heterocycles. The van der Waals surface area contributed by atoms with Crippen molar-refractivity contribution in [2.24, 2.45) is 0 Å². The first-order valence-electron chi connectivity index (χ1n) is 11.7. The summed E-state index contributed by atoms with van der Waals surface area (Å²) in [5.41, 5.74) is 6.59. The summed E-state index contributed by atoms with van der Waals surface area (Å²) in [6.45, 7) is 5.99. The van der Waals surface area contributed by atoms with Crippen LogP contribution in [0, 0.1) is 6.92 Å². The highest BCUT2D eigenvalue weighted by Gasteiger charge is 2.30. The van der Waals surface area contributed by atoms with Crippen molar-refractivity contribution >= 4 is 12.1 Å². The van der Waals surface area contributed by atoms with E-state index in [2.05, 4.69) is 42.6 Å². The Bertz CT molecular complexity index is 1070. The van der Waals surface area contributed by atoms with Gasteiger partial charge in [-0.05, 0) is 61.4 Å². The molecule has 180 valence electrons. The molecule has 1 aliphatic carbocycles. The highest BCUT2D eigenvalue weighted by molar-refractivity contribution is 5.82. The number of carbonyl (C=O) groups is 2. The third-order valence-electron chi connectivity index (χ3n) is 5.95. The third-order valence-corrected chi connectivity index (χ3v) is 5.95. The average molecular weight is 464 g/mol. The second kappa shape index (κ2) is 12.2. The van der Waals surface area contributed by atoms with E-state index in [0.717, 1.165) is 27.8 Å². The molecule has 2 N–H and O–H groups in total. The van der Waals surface area contributed by atoms with Crippen LogP contribution in [0.15, 0.2) is 66.3 Å².